The summed E-state index contributed by atoms with van der Waals surface area (Å²) < 4.78 is 5.83. The van der Waals surface area contributed by atoms with Crippen LogP contribution in [0.1, 0.15) is 56.3 Å². The van der Waals surface area contributed by atoms with Gasteiger partial charge in [0, 0.05) is 5.56 Å². The summed E-state index contributed by atoms with van der Waals surface area (Å²) in [5.74, 6) is 2.21. The standard InChI is InChI=1S/C17H24O2/c1-12-7-9-13(10-8-12)16(18)15-6-2-4-14-5-3-11-19-17(14)15/h2,4,6,12-13,16,18H,3,5,7-11H2,1H3. The SMILES string of the molecule is CC1CCC(C(O)c2cccc3c2OCCC3)CC1. The van der Waals surface area contributed by atoms with Crippen LogP contribution in [0.25, 0.3) is 0 Å². The zero-order valence-corrected chi connectivity index (χ0v) is 11.8. The summed E-state index contributed by atoms with van der Waals surface area (Å²) in [6.07, 6.45) is 6.61. The van der Waals surface area contributed by atoms with E-state index in [1.807, 2.05) is 6.07 Å². The van der Waals surface area contributed by atoms with Crippen LogP contribution in [0.5, 0.6) is 5.75 Å². The van der Waals surface area contributed by atoms with Crippen molar-refractivity contribution >= 4 is 0 Å². The molecule has 19 heavy (non-hydrogen) atoms. The molecule has 1 atom stereocenters. The highest BCUT2D eigenvalue weighted by Crippen LogP contribution is 2.41. The van der Waals surface area contributed by atoms with Gasteiger partial charge < -0.3 is 9.84 Å². The monoisotopic (exact) mass is 260 g/mol. The van der Waals surface area contributed by atoms with Gasteiger partial charge >= 0.3 is 0 Å². The summed E-state index contributed by atoms with van der Waals surface area (Å²) in [5, 5.41) is 10.7. The van der Waals surface area contributed by atoms with E-state index in [2.05, 4.69) is 19.1 Å². The zero-order valence-electron chi connectivity index (χ0n) is 11.8. The molecule has 0 aromatic heterocycles. The number of benzene rings is 1. The maximum Gasteiger partial charge on any atom is 0.128 e. The van der Waals surface area contributed by atoms with Crippen molar-refractivity contribution in [3.63, 3.8) is 0 Å². The fourth-order valence-electron chi connectivity index (χ4n) is 3.50. The van der Waals surface area contributed by atoms with Crippen molar-refractivity contribution in [3.8, 4) is 5.75 Å². The molecule has 0 amide bonds. The van der Waals surface area contributed by atoms with Crippen molar-refractivity contribution in [2.75, 3.05) is 6.61 Å². The van der Waals surface area contributed by atoms with Crippen LogP contribution < -0.4 is 4.74 Å². The van der Waals surface area contributed by atoms with Crippen molar-refractivity contribution in [2.24, 2.45) is 11.8 Å². The Morgan fingerprint density at radius 1 is 1.21 bits per heavy atom. The Hall–Kier alpha value is -1.02. The number of hydrogen-bond acceptors (Lipinski definition) is 2. The van der Waals surface area contributed by atoms with Crippen LogP contribution in [0.2, 0.25) is 0 Å². The Labute approximate surface area is 115 Å². The molecule has 0 saturated heterocycles. The summed E-state index contributed by atoms with van der Waals surface area (Å²) in [6, 6.07) is 6.25. The minimum absolute atomic E-state index is 0.347. The van der Waals surface area contributed by atoms with Crippen molar-refractivity contribution in [1.29, 1.82) is 0 Å². The van der Waals surface area contributed by atoms with Gasteiger partial charge in [0.15, 0.2) is 0 Å². The average Bonchev–Trinajstić information content (AvgIpc) is 2.47. The third-order valence-electron chi connectivity index (χ3n) is 4.79. The molecule has 1 aromatic rings. The van der Waals surface area contributed by atoms with Crippen LogP contribution in [0, 0.1) is 11.8 Å². The van der Waals surface area contributed by atoms with Gasteiger partial charge in [-0.25, -0.2) is 0 Å². The number of fused-ring (bicyclic) bond motifs is 1. The number of rotatable bonds is 2. The molecule has 1 aromatic carbocycles. The van der Waals surface area contributed by atoms with Crippen LogP contribution >= 0.6 is 0 Å². The molecule has 1 unspecified atom stereocenters. The Kier molecular flexibility index (Phi) is 3.79. The molecule has 1 aliphatic carbocycles. The molecule has 2 heteroatoms. The highest BCUT2D eigenvalue weighted by atomic mass is 16.5. The fourth-order valence-corrected chi connectivity index (χ4v) is 3.50. The molecular weight excluding hydrogens is 236 g/mol. The van der Waals surface area contributed by atoms with Gasteiger partial charge in [0.2, 0.25) is 0 Å². The van der Waals surface area contributed by atoms with Gasteiger partial charge in [-0.05, 0) is 43.1 Å². The topological polar surface area (TPSA) is 29.5 Å². The number of aliphatic hydroxyl groups is 1. The number of aliphatic hydroxyl groups excluding tert-OH is 1. The molecule has 1 N–H and O–H groups in total. The lowest BCUT2D eigenvalue weighted by Gasteiger charge is -2.31. The quantitative estimate of drug-likeness (QED) is 0.874. The van der Waals surface area contributed by atoms with Gasteiger partial charge in [-0.1, -0.05) is 38.0 Å². The van der Waals surface area contributed by atoms with E-state index in [0.717, 1.165) is 49.5 Å². The van der Waals surface area contributed by atoms with Gasteiger partial charge in [-0.15, -0.1) is 0 Å². The number of hydrogen-bond donors (Lipinski definition) is 1. The first kappa shape index (κ1) is 13.0. The Balaban J connectivity index is 1.81. The maximum atomic E-state index is 10.7. The second-order valence-electron chi connectivity index (χ2n) is 6.25. The van der Waals surface area contributed by atoms with Gasteiger partial charge in [0.25, 0.3) is 0 Å². The van der Waals surface area contributed by atoms with E-state index >= 15 is 0 Å². The molecule has 1 heterocycles. The van der Waals surface area contributed by atoms with Gasteiger partial charge in [-0.3, -0.25) is 0 Å². The first-order chi connectivity index (χ1) is 9.25. The molecule has 2 aliphatic rings. The Morgan fingerprint density at radius 3 is 2.79 bits per heavy atom. The van der Waals surface area contributed by atoms with Crippen molar-refractivity contribution in [3.05, 3.63) is 29.3 Å². The number of para-hydroxylation sites is 1. The van der Waals surface area contributed by atoms with E-state index in [1.165, 1.54) is 18.4 Å². The third-order valence-corrected chi connectivity index (χ3v) is 4.79. The van der Waals surface area contributed by atoms with E-state index in [9.17, 15) is 5.11 Å². The van der Waals surface area contributed by atoms with Gasteiger partial charge in [0.05, 0.1) is 12.7 Å². The fraction of sp³-hybridized carbons (Fsp3) is 0.647. The van der Waals surface area contributed by atoms with Crippen LogP contribution in [-0.4, -0.2) is 11.7 Å². The summed E-state index contributed by atoms with van der Waals surface area (Å²) >= 11 is 0. The van der Waals surface area contributed by atoms with Crippen LogP contribution in [0.15, 0.2) is 18.2 Å². The molecule has 2 nitrogen and oxygen atoms in total. The molecule has 104 valence electrons. The van der Waals surface area contributed by atoms with Crippen molar-refractivity contribution < 1.29 is 9.84 Å². The van der Waals surface area contributed by atoms with Crippen LogP contribution in [-0.2, 0) is 6.42 Å². The molecule has 0 bridgehead atoms. The number of aryl methyl sites for hydroxylation is 1. The first-order valence-electron chi connectivity index (χ1n) is 7.68. The largest absolute Gasteiger partial charge is 0.493 e. The zero-order chi connectivity index (χ0) is 13.2. The van der Waals surface area contributed by atoms with Gasteiger partial charge in [-0.2, -0.15) is 0 Å². The van der Waals surface area contributed by atoms with Crippen molar-refractivity contribution in [1.82, 2.24) is 0 Å². The predicted octanol–water partition coefficient (Wildman–Crippen LogP) is 3.87. The minimum atomic E-state index is -0.347. The lowest BCUT2D eigenvalue weighted by atomic mass is 9.78. The van der Waals surface area contributed by atoms with Crippen molar-refractivity contribution in [2.45, 2.75) is 51.6 Å². The smallest absolute Gasteiger partial charge is 0.128 e. The lowest BCUT2D eigenvalue weighted by Crippen LogP contribution is -2.21. The molecular formula is C17H24O2. The van der Waals surface area contributed by atoms with Crippen LogP contribution in [0.4, 0.5) is 0 Å². The summed E-state index contributed by atoms with van der Waals surface area (Å²) in [4.78, 5) is 0. The third kappa shape index (κ3) is 2.64. The summed E-state index contributed by atoms with van der Waals surface area (Å²) in [6.45, 7) is 3.11. The van der Waals surface area contributed by atoms with E-state index < -0.39 is 0 Å². The molecule has 3 rings (SSSR count). The van der Waals surface area contributed by atoms with Gasteiger partial charge in [0.1, 0.15) is 5.75 Å². The Morgan fingerprint density at radius 2 is 2.00 bits per heavy atom. The number of ether oxygens (including phenoxy) is 1. The highest BCUT2D eigenvalue weighted by molar-refractivity contribution is 5.44. The van der Waals surface area contributed by atoms with E-state index in [1.54, 1.807) is 0 Å². The molecule has 1 saturated carbocycles. The molecule has 0 spiro atoms. The molecule has 1 fully saturated rings. The predicted molar refractivity (Wildman–Crippen MR) is 76.3 cm³/mol. The molecule has 0 radical (unpaired) electrons. The highest BCUT2D eigenvalue weighted by Gasteiger charge is 2.28. The Bertz CT molecular complexity index is 433. The second-order valence-corrected chi connectivity index (χ2v) is 6.25. The van der Waals surface area contributed by atoms with E-state index in [-0.39, 0.29) is 6.10 Å². The summed E-state index contributed by atoms with van der Waals surface area (Å²) in [7, 11) is 0. The first-order valence-corrected chi connectivity index (χ1v) is 7.68. The van der Waals surface area contributed by atoms with E-state index in [4.69, 9.17) is 4.74 Å². The normalized spacial score (nSPS) is 28.3. The minimum Gasteiger partial charge on any atom is -0.493 e. The maximum absolute atomic E-state index is 10.7. The summed E-state index contributed by atoms with van der Waals surface area (Å²) in [5.41, 5.74) is 2.30. The lowest BCUT2D eigenvalue weighted by molar-refractivity contribution is 0.0721. The average molecular weight is 260 g/mol. The van der Waals surface area contributed by atoms with Crippen LogP contribution in [0.3, 0.4) is 0 Å². The molecule has 1 aliphatic heterocycles. The second kappa shape index (κ2) is 5.54. The van der Waals surface area contributed by atoms with E-state index in [0.29, 0.717) is 5.92 Å².